The Hall–Kier alpha value is -2.53. The zero-order valence-electron chi connectivity index (χ0n) is 13.2. The summed E-state index contributed by atoms with van der Waals surface area (Å²) in [4.78, 5) is 24.7. The Balaban J connectivity index is 2.20. The predicted octanol–water partition coefficient (Wildman–Crippen LogP) is 1.27. The number of hydrogen-bond acceptors (Lipinski definition) is 5. The molecule has 1 amide bonds. The number of benzene rings is 1. The first-order chi connectivity index (χ1) is 11.1. The molecule has 0 aromatic heterocycles. The monoisotopic (exact) mass is 351 g/mol. The van der Waals surface area contributed by atoms with Crippen LogP contribution >= 0.6 is 0 Å². The Morgan fingerprint density at radius 2 is 2.04 bits per heavy atom. The number of cyclic esters (lactones) is 1. The van der Waals surface area contributed by atoms with E-state index in [1.165, 1.54) is 4.90 Å². The van der Waals surface area contributed by atoms with E-state index in [0.29, 0.717) is 11.3 Å². The van der Waals surface area contributed by atoms with E-state index >= 15 is 0 Å². The van der Waals surface area contributed by atoms with Gasteiger partial charge in [-0.25, -0.2) is 13.2 Å². The molecule has 2 atom stereocenters. The van der Waals surface area contributed by atoms with Crippen molar-refractivity contribution in [2.75, 3.05) is 17.7 Å². The summed E-state index contributed by atoms with van der Waals surface area (Å²) >= 11 is 0. The molecule has 0 aliphatic carbocycles. The van der Waals surface area contributed by atoms with Crippen LogP contribution in [0.15, 0.2) is 24.3 Å². The smallest absolute Gasteiger partial charge is 0.414 e. The summed E-state index contributed by atoms with van der Waals surface area (Å²) in [6.07, 6.45) is 4.30. The average Bonchev–Trinajstić information content (AvgIpc) is 2.86. The van der Waals surface area contributed by atoms with Gasteiger partial charge in [0.1, 0.15) is 6.10 Å². The highest BCUT2D eigenvalue weighted by atomic mass is 32.2. The van der Waals surface area contributed by atoms with Crippen LogP contribution in [0.1, 0.15) is 18.9 Å². The van der Waals surface area contributed by atoms with E-state index in [9.17, 15) is 23.1 Å². The number of carboxylic acids is 1. The van der Waals surface area contributed by atoms with Crippen LogP contribution in [0.2, 0.25) is 0 Å². The lowest BCUT2D eigenvalue weighted by atomic mass is 10.0. The van der Waals surface area contributed by atoms with Gasteiger partial charge in [-0.1, -0.05) is 5.92 Å². The van der Waals surface area contributed by atoms with Crippen molar-refractivity contribution in [2.45, 2.75) is 24.2 Å². The molecule has 1 aliphatic rings. The fourth-order valence-electron chi connectivity index (χ4n) is 2.41. The largest absolute Gasteiger partial charge is 0.480 e. The summed E-state index contributed by atoms with van der Waals surface area (Å²) in [6, 6.07) is 6.61. The molecule has 7 nitrogen and oxygen atoms in total. The average molecular weight is 351 g/mol. The highest BCUT2D eigenvalue weighted by molar-refractivity contribution is 7.92. The maximum absolute atomic E-state index is 12.0. The highest BCUT2D eigenvalue weighted by Crippen LogP contribution is 2.30. The quantitative estimate of drug-likeness (QED) is 0.802. The van der Waals surface area contributed by atoms with Crippen molar-refractivity contribution in [3.05, 3.63) is 29.8 Å². The highest BCUT2D eigenvalue weighted by Gasteiger charge is 2.48. The van der Waals surface area contributed by atoms with Crippen LogP contribution in [0.25, 0.3) is 0 Å². The van der Waals surface area contributed by atoms with Crippen molar-refractivity contribution in [3.8, 4) is 12.3 Å². The van der Waals surface area contributed by atoms with E-state index in [4.69, 9.17) is 11.2 Å². The van der Waals surface area contributed by atoms with Crippen LogP contribution in [-0.4, -0.2) is 49.2 Å². The van der Waals surface area contributed by atoms with Gasteiger partial charge >= 0.3 is 12.1 Å². The number of amides is 1. The van der Waals surface area contributed by atoms with E-state index in [0.717, 1.165) is 13.2 Å². The maximum atomic E-state index is 12.0. The number of hydrogen-bond donors (Lipinski definition) is 1. The van der Waals surface area contributed by atoms with E-state index in [1.54, 1.807) is 24.3 Å². The first-order valence-electron chi connectivity index (χ1n) is 7.06. The molecule has 128 valence electrons. The lowest BCUT2D eigenvalue weighted by molar-refractivity contribution is -0.140. The van der Waals surface area contributed by atoms with Gasteiger partial charge in [0.25, 0.3) is 0 Å². The SMILES string of the molecule is C#Cc1ccc(N2CC(CC(C)(C(=O)O)S(C)(=O)=O)OC2=O)cc1. The molecule has 1 aromatic carbocycles. The molecular weight excluding hydrogens is 334 g/mol. The van der Waals surface area contributed by atoms with Gasteiger partial charge in [-0.3, -0.25) is 9.69 Å². The van der Waals surface area contributed by atoms with Crippen LogP contribution < -0.4 is 4.90 Å². The molecule has 8 heteroatoms. The summed E-state index contributed by atoms with van der Waals surface area (Å²) in [5, 5.41) is 9.28. The van der Waals surface area contributed by atoms with Crippen LogP contribution in [0, 0.1) is 12.3 Å². The van der Waals surface area contributed by atoms with Gasteiger partial charge < -0.3 is 9.84 Å². The van der Waals surface area contributed by atoms with Gasteiger partial charge in [0.2, 0.25) is 0 Å². The van der Waals surface area contributed by atoms with Crippen LogP contribution in [0.4, 0.5) is 10.5 Å². The molecule has 1 N–H and O–H groups in total. The Morgan fingerprint density at radius 1 is 1.46 bits per heavy atom. The normalized spacial score (nSPS) is 20.1. The lowest BCUT2D eigenvalue weighted by Gasteiger charge is -2.24. The van der Waals surface area contributed by atoms with Crippen molar-refractivity contribution in [2.24, 2.45) is 0 Å². The van der Waals surface area contributed by atoms with Crippen molar-refractivity contribution < 1.29 is 27.9 Å². The Labute approximate surface area is 140 Å². The number of carboxylic acid groups (broad SMARTS) is 1. The second-order valence-corrected chi connectivity index (χ2v) is 8.27. The second kappa shape index (κ2) is 6.17. The topological polar surface area (TPSA) is 101 Å². The van der Waals surface area contributed by atoms with Crippen LogP contribution in [0.3, 0.4) is 0 Å². The molecular formula is C16H17NO6S. The third-order valence-corrected chi connectivity index (χ3v) is 6.09. The first kappa shape index (κ1) is 17.8. The Bertz CT molecular complexity index is 808. The number of ether oxygens (including phenoxy) is 1. The lowest BCUT2D eigenvalue weighted by Crippen LogP contribution is -2.46. The summed E-state index contributed by atoms with van der Waals surface area (Å²) in [6.45, 7) is 1.18. The molecule has 1 heterocycles. The van der Waals surface area contributed by atoms with E-state index < -0.39 is 32.8 Å². The van der Waals surface area contributed by atoms with Gasteiger partial charge in [0.05, 0.1) is 6.54 Å². The molecule has 1 fully saturated rings. The number of aliphatic carboxylic acids is 1. The summed E-state index contributed by atoms with van der Waals surface area (Å²) in [5.41, 5.74) is 1.19. The molecule has 1 saturated heterocycles. The van der Waals surface area contributed by atoms with Gasteiger partial charge in [-0.2, -0.15) is 0 Å². The van der Waals surface area contributed by atoms with Gasteiger partial charge in [-0.15, -0.1) is 6.42 Å². The van der Waals surface area contributed by atoms with Crippen molar-refractivity contribution in [1.29, 1.82) is 0 Å². The Morgan fingerprint density at radius 3 is 2.50 bits per heavy atom. The van der Waals surface area contributed by atoms with Crippen LogP contribution in [-0.2, 0) is 19.4 Å². The third kappa shape index (κ3) is 3.21. The number of terminal acetylenes is 1. The molecule has 0 radical (unpaired) electrons. The third-order valence-electron chi connectivity index (χ3n) is 4.11. The second-order valence-electron chi connectivity index (χ2n) is 5.82. The minimum atomic E-state index is -3.89. The number of anilines is 1. The minimum Gasteiger partial charge on any atom is -0.480 e. The fraction of sp³-hybridized carbons (Fsp3) is 0.375. The van der Waals surface area contributed by atoms with Crippen molar-refractivity contribution in [1.82, 2.24) is 0 Å². The number of nitrogens with zero attached hydrogens (tertiary/aromatic N) is 1. The van der Waals surface area contributed by atoms with E-state index in [1.807, 2.05) is 0 Å². The first-order valence-corrected chi connectivity index (χ1v) is 8.95. The number of carbonyl (C=O) groups is 2. The Kier molecular flexibility index (Phi) is 4.58. The molecule has 1 aliphatic heterocycles. The van der Waals surface area contributed by atoms with E-state index in [2.05, 4.69) is 5.92 Å². The molecule has 0 spiro atoms. The van der Waals surface area contributed by atoms with Gasteiger partial charge in [0, 0.05) is 23.9 Å². The molecule has 0 bridgehead atoms. The van der Waals surface area contributed by atoms with Crippen LogP contribution in [0.5, 0.6) is 0 Å². The molecule has 2 rings (SSSR count). The molecule has 1 aromatic rings. The number of rotatable bonds is 5. The molecule has 0 saturated carbocycles. The van der Waals surface area contributed by atoms with Crippen molar-refractivity contribution >= 4 is 27.6 Å². The maximum Gasteiger partial charge on any atom is 0.414 e. The predicted molar refractivity (Wildman–Crippen MR) is 87.5 cm³/mol. The fourth-order valence-corrected chi connectivity index (χ4v) is 3.21. The minimum absolute atomic E-state index is 0.0621. The summed E-state index contributed by atoms with van der Waals surface area (Å²) in [7, 11) is -3.89. The summed E-state index contributed by atoms with van der Waals surface area (Å²) < 4.78 is 26.8. The number of carbonyl (C=O) groups excluding carboxylic acids is 1. The van der Waals surface area contributed by atoms with E-state index in [-0.39, 0.29) is 13.0 Å². The molecule has 2 unspecified atom stereocenters. The van der Waals surface area contributed by atoms with Gasteiger partial charge in [0.15, 0.2) is 14.6 Å². The number of sulfone groups is 1. The van der Waals surface area contributed by atoms with Crippen molar-refractivity contribution in [3.63, 3.8) is 0 Å². The molecule has 24 heavy (non-hydrogen) atoms. The standard InChI is InChI=1S/C16H17NO6S/c1-4-11-5-7-12(8-6-11)17-10-13(23-15(17)20)9-16(2,14(18)19)24(3,21)22/h1,5-8,13H,9-10H2,2-3H3,(H,18,19). The zero-order chi connectivity index (χ0) is 18.1. The summed E-state index contributed by atoms with van der Waals surface area (Å²) in [5.74, 6) is 0.984. The van der Waals surface area contributed by atoms with Gasteiger partial charge in [-0.05, 0) is 31.2 Å². The zero-order valence-corrected chi connectivity index (χ0v) is 14.0.